The fourth-order valence-electron chi connectivity index (χ4n) is 2.89. The molecular weight excluding hydrogens is 468 g/mol. The van der Waals surface area contributed by atoms with Crippen molar-refractivity contribution >= 4 is 32.9 Å². The minimum absolute atomic E-state index is 0.143. The molecule has 174 valence electrons. The van der Waals surface area contributed by atoms with E-state index in [1.165, 1.54) is 10.3 Å². The van der Waals surface area contributed by atoms with E-state index in [0.29, 0.717) is 0 Å². The number of hydrogen-bond acceptors (Lipinski definition) is 5. The molecule has 0 spiro atoms. The van der Waals surface area contributed by atoms with Gasteiger partial charge in [-0.1, -0.05) is 6.07 Å². The number of nitrogens with zero attached hydrogens (tertiary/aromatic N) is 1. The van der Waals surface area contributed by atoms with Gasteiger partial charge in [0, 0.05) is 11.3 Å². The van der Waals surface area contributed by atoms with E-state index in [2.05, 4.69) is 30.1 Å². The van der Waals surface area contributed by atoms with Gasteiger partial charge in [0.1, 0.15) is 10.8 Å². The molecule has 11 heteroatoms. The summed E-state index contributed by atoms with van der Waals surface area (Å²) in [6.45, 7) is 2.10. The molecule has 0 aliphatic heterocycles. The van der Waals surface area contributed by atoms with Crippen molar-refractivity contribution < 1.29 is 31.4 Å². The van der Waals surface area contributed by atoms with Gasteiger partial charge in [-0.15, -0.1) is 11.3 Å². The summed E-state index contributed by atoms with van der Waals surface area (Å²) in [6.07, 6.45) is -10.1. The van der Waals surface area contributed by atoms with E-state index < -0.39 is 34.9 Å². The van der Waals surface area contributed by atoms with Crippen molar-refractivity contribution in [3.05, 3.63) is 71.3 Å². The number of nitrogens with two attached hydrogens (primary N) is 2. The second-order valence-electron chi connectivity index (χ2n) is 7.06. The monoisotopic (exact) mass is 485 g/mol. The highest BCUT2D eigenvalue weighted by Gasteiger charge is 2.40. The van der Waals surface area contributed by atoms with Gasteiger partial charge in [0.25, 0.3) is 0 Å². The van der Waals surface area contributed by atoms with Crippen LogP contribution in [0.2, 0.25) is 0 Å². The number of benzene rings is 3. The Morgan fingerprint density at radius 2 is 1.36 bits per heavy atom. The van der Waals surface area contributed by atoms with Crippen LogP contribution in [0.15, 0.2) is 54.6 Å². The summed E-state index contributed by atoms with van der Waals surface area (Å²) in [4.78, 5) is 4.63. The number of nitrogen functional groups attached to an aromatic ring is 2. The summed E-state index contributed by atoms with van der Waals surface area (Å²) in [5, 5.41) is 9.84. The molecule has 0 aliphatic rings. The highest BCUT2D eigenvalue weighted by atomic mass is 32.1. The molecule has 0 aliphatic carbocycles. The number of thiazole rings is 1. The molecule has 4 rings (SSSR count). The van der Waals surface area contributed by atoms with E-state index in [1.807, 2.05) is 24.3 Å². The van der Waals surface area contributed by atoms with Crippen molar-refractivity contribution in [1.29, 1.82) is 0 Å². The van der Waals surface area contributed by atoms with Crippen LogP contribution in [0, 0.1) is 6.92 Å². The summed E-state index contributed by atoms with van der Waals surface area (Å²) >= 11 is 1.72. The molecule has 0 saturated heterocycles. The lowest BCUT2D eigenvalue weighted by molar-refractivity contribution is -0.141. The summed E-state index contributed by atoms with van der Waals surface area (Å²) in [6, 6.07) is 14.5. The van der Waals surface area contributed by atoms with E-state index in [0.717, 1.165) is 21.8 Å². The van der Waals surface area contributed by atoms with Crippen molar-refractivity contribution in [2.75, 3.05) is 11.5 Å². The first-order valence-corrected chi connectivity index (χ1v) is 10.1. The molecule has 0 fully saturated rings. The summed E-state index contributed by atoms with van der Waals surface area (Å²) in [5.74, 6) is -1.14. The van der Waals surface area contributed by atoms with Crippen LogP contribution in [0.4, 0.5) is 37.7 Å². The maximum atomic E-state index is 12.2. The van der Waals surface area contributed by atoms with Crippen LogP contribution in [0.25, 0.3) is 20.8 Å². The molecule has 0 bridgehead atoms. The van der Waals surface area contributed by atoms with Gasteiger partial charge in [-0.3, -0.25) is 0 Å². The lowest BCUT2D eigenvalue weighted by Gasteiger charge is -2.16. The van der Waals surface area contributed by atoms with E-state index in [1.54, 1.807) is 11.3 Å². The van der Waals surface area contributed by atoms with Gasteiger partial charge in [-0.2, -0.15) is 26.3 Å². The molecule has 1 heterocycles. The van der Waals surface area contributed by atoms with Crippen LogP contribution in [0.1, 0.15) is 16.7 Å². The average molecular weight is 485 g/mol. The molecule has 0 amide bonds. The number of halogens is 6. The molecule has 0 saturated carbocycles. The zero-order chi connectivity index (χ0) is 24.6. The molecule has 0 unspecified atom stereocenters. The Bertz CT molecular complexity index is 1250. The smallest absolute Gasteiger partial charge is 0.418 e. The Kier molecular flexibility index (Phi) is 6.46. The maximum Gasteiger partial charge on any atom is 0.418 e. The van der Waals surface area contributed by atoms with E-state index in [-0.39, 0.29) is 12.1 Å². The van der Waals surface area contributed by atoms with Crippen molar-refractivity contribution in [3.63, 3.8) is 0 Å². The number of rotatable bonds is 1. The highest BCUT2D eigenvalue weighted by molar-refractivity contribution is 7.21. The molecule has 1 aromatic heterocycles. The SMILES string of the molecule is Cc1ccc2nc(-c3ccc(N)cc3)sc2c1.Nc1c(C(F)(F)F)cc(O)cc1C(F)(F)F. The fraction of sp³-hybridized carbons (Fsp3) is 0.136. The lowest BCUT2D eigenvalue weighted by atomic mass is 10.1. The molecule has 5 N–H and O–H groups in total. The van der Waals surface area contributed by atoms with Crippen LogP contribution in [0.3, 0.4) is 0 Å². The Hall–Kier alpha value is -3.47. The number of phenolic OH excluding ortho intramolecular Hbond substituents is 1. The predicted octanol–water partition coefficient (Wildman–Crippen LogP) is 6.87. The standard InChI is InChI=1S/C14H12N2S.C8H5F6NO/c1-9-2-7-12-13(8-9)17-14(16-12)10-3-5-11(15)6-4-10;9-7(10,11)4-1-3(16)2-5(6(4)15)8(12,13)14/h2-8H,15H2,1H3;1-2,16H,15H2. The van der Waals surface area contributed by atoms with Crippen molar-refractivity contribution in [1.82, 2.24) is 4.98 Å². The second kappa shape index (κ2) is 8.81. The lowest BCUT2D eigenvalue weighted by Crippen LogP contribution is -2.15. The first-order valence-electron chi connectivity index (χ1n) is 9.25. The Morgan fingerprint density at radius 1 is 0.818 bits per heavy atom. The van der Waals surface area contributed by atoms with E-state index >= 15 is 0 Å². The Morgan fingerprint density at radius 3 is 1.88 bits per heavy atom. The summed E-state index contributed by atoms with van der Waals surface area (Å²) in [5.41, 5.74) is 9.83. The minimum atomic E-state index is -5.05. The quantitative estimate of drug-likeness (QED) is 0.156. The second-order valence-corrected chi connectivity index (χ2v) is 8.09. The largest absolute Gasteiger partial charge is 0.508 e. The normalized spacial score (nSPS) is 11.8. The number of fused-ring (bicyclic) bond motifs is 1. The molecule has 33 heavy (non-hydrogen) atoms. The molecule has 0 radical (unpaired) electrons. The third-order valence-electron chi connectivity index (χ3n) is 4.48. The zero-order valence-corrected chi connectivity index (χ0v) is 17.7. The van der Waals surface area contributed by atoms with Gasteiger partial charge in [-0.05, 0) is 61.0 Å². The van der Waals surface area contributed by atoms with Gasteiger partial charge >= 0.3 is 12.4 Å². The number of phenols is 1. The highest BCUT2D eigenvalue weighted by Crippen LogP contribution is 2.43. The zero-order valence-electron chi connectivity index (χ0n) is 16.9. The summed E-state index contributed by atoms with van der Waals surface area (Å²) < 4.78 is 74.7. The van der Waals surface area contributed by atoms with Crippen molar-refractivity contribution in [2.24, 2.45) is 0 Å². The third-order valence-corrected chi connectivity index (χ3v) is 5.54. The van der Waals surface area contributed by atoms with E-state index in [4.69, 9.17) is 16.6 Å². The molecular formula is C22H17F6N3OS. The molecule has 4 aromatic rings. The van der Waals surface area contributed by atoms with Gasteiger partial charge in [-0.25, -0.2) is 4.98 Å². The number of alkyl halides is 6. The topological polar surface area (TPSA) is 85.2 Å². The molecule has 4 nitrogen and oxygen atoms in total. The van der Waals surface area contributed by atoms with Crippen molar-refractivity contribution in [2.45, 2.75) is 19.3 Å². The minimum Gasteiger partial charge on any atom is -0.508 e. The summed E-state index contributed by atoms with van der Waals surface area (Å²) in [7, 11) is 0. The van der Waals surface area contributed by atoms with Gasteiger partial charge in [0.2, 0.25) is 0 Å². The van der Waals surface area contributed by atoms with Gasteiger partial charge in [0.05, 0.1) is 27.0 Å². The number of aromatic hydroxyl groups is 1. The van der Waals surface area contributed by atoms with Crippen LogP contribution in [-0.2, 0) is 12.4 Å². The first kappa shape index (κ1) is 24.2. The fourth-order valence-corrected chi connectivity index (χ4v) is 3.96. The first-order chi connectivity index (χ1) is 15.3. The average Bonchev–Trinajstić information content (AvgIpc) is 3.12. The maximum absolute atomic E-state index is 12.2. The Balaban J connectivity index is 0.000000186. The van der Waals surface area contributed by atoms with Crippen molar-refractivity contribution in [3.8, 4) is 16.3 Å². The van der Waals surface area contributed by atoms with E-state index in [9.17, 15) is 26.3 Å². The molecule has 3 aromatic carbocycles. The Labute approximate surface area is 188 Å². The number of aromatic nitrogens is 1. The van der Waals surface area contributed by atoms with Crippen LogP contribution < -0.4 is 11.5 Å². The number of hydrogen-bond donors (Lipinski definition) is 3. The van der Waals surface area contributed by atoms with Gasteiger partial charge < -0.3 is 16.6 Å². The van der Waals surface area contributed by atoms with Crippen LogP contribution >= 0.6 is 11.3 Å². The van der Waals surface area contributed by atoms with Gasteiger partial charge in [0.15, 0.2) is 0 Å². The molecule has 0 atom stereocenters. The van der Waals surface area contributed by atoms with Crippen LogP contribution in [-0.4, -0.2) is 10.1 Å². The van der Waals surface area contributed by atoms with Crippen LogP contribution in [0.5, 0.6) is 5.75 Å². The third kappa shape index (κ3) is 5.67. The number of anilines is 2. The number of aryl methyl sites for hydroxylation is 1. The predicted molar refractivity (Wildman–Crippen MR) is 117 cm³/mol.